The standard InChI is InChI=1S/C15H33NO/c1-3-5-6-7-8-11-15(10-4-2)14-17-13-9-12-16/h15H,3-14,16H2,1-2H3. The Balaban J connectivity index is 3.45. The molecule has 17 heavy (non-hydrogen) atoms. The van der Waals surface area contributed by atoms with Gasteiger partial charge in [0.2, 0.25) is 0 Å². The zero-order chi connectivity index (χ0) is 12.8. The number of hydrogen-bond donors (Lipinski definition) is 1. The molecule has 0 spiro atoms. The molecule has 1 unspecified atom stereocenters. The lowest BCUT2D eigenvalue weighted by Crippen LogP contribution is -2.12. The highest BCUT2D eigenvalue weighted by Gasteiger charge is 2.07. The molecule has 2 heteroatoms. The molecule has 104 valence electrons. The molecule has 0 heterocycles. The van der Waals surface area contributed by atoms with Crippen molar-refractivity contribution in [2.45, 2.75) is 71.6 Å². The third-order valence-electron chi connectivity index (χ3n) is 3.26. The lowest BCUT2D eigenvalue weighted by molar-refractivity contribution is 0.0910. The summed E-state index contributed by atoms with van der Waals surface area (Å²) < 4.78 is 5.69. The number of unbranched alkanes of at least 4 members (excludes halogenated alkanes) is 4. The van der Waals surface area contributed by atoms with E-state index in [0.717, 1.165) is 32.1 Å². The van der Waals surface area contributed by atoms with E-state index in [4.69, 9.17) is 10.5 Å². The van der Waals surface area contributed by atoms with Crippen molar-refractivity contribution >= 4 is 0 Å². The minimum Gasteiger partial charge on any atom is -0.381 e. The molecular formula is C15H33NO. The molecule has 0 aromatic heterocycles. The van der Waals surface area contributed by atoms with Gasteiger partial charge in [-0.1, -0.05) is 52.4 Å². The molecule has 2 nitrogen and oxygen atoms in total. The Labute approximate surface area is 108 Å². The first kappa shape index (κ1) is 16.9. The van der Waals surface area contributed by atoms with Crippen LogP contribution in [0.3, 0.4) is 0 Å². The lowest BCUT2D eigenvalue weighted by Gasteiger charge is -2.16. The molecule has 0 rings (SSSR count). The van der Waals surface area contributed by atoms with Crippen LogP contribution in [0.5, 0.6) is 0 Å². The van der Waals surface area contributed by atoms with E-state index in [1.807, 2.05) is 0 Å². The molecule has 0 radical (unpaired) electrons. The Morgan fingerprint density at radius 2 is 1.65 bits per heavy atom. The summed E-state index contributed by atoms with van der Waals surface area (Å²) in [5, 5.41) is 0. The zero-order valence-electron chi connectivity index (χ0n) is 12.0. The predicted molar refractivity (Wildman–Crippen MR) is 76.3 cm³/mol. The van der Waals surface area contributed by atoms with E-state index in [2.05, 4.69) is 13.8 Å². The molecule has 1 atom stereocenters. The van der Waals surface area contributed by atoms with E-state index < -0.39 is 0 Å². The van der Waals surface area contributed by atoms with E-state index >= 15 is 0 Å². The molecular weight excluding hydrogens is 210 g/mol. The Morgan fingerprint density at radius 3 is 2.29 bits per heavy atom. The van der Waals surface area contributed by atoms with E-state index in [-0.39, 0.29) is 0 Å². The summed E-state index contributed by atoms with van der Waals surface area (Å²) in [6.45, 7) is 7.07. The highest BCUT2D eigenvalue weighted by atomic mass is 16.5. The van der Waals surface area contributed by atoms with Crippen LogP contribution in [-0.4, -0.2) is 19.8 Å². The second kappa shape index (κ2) is 14.0. The van der Waals surface area contributed by atoms with Crippen LogP contribution in [0.1, 0.15) is 71.6 Å². The highest BCUT2D eigenvalue weighted by molar-refractivity contribution is 4.59. The van der Waals surface area contributed by atoms with Gasteiger partial charge in [0.05, 0.1) is 0 Å². The van der Waals surface area contributed by atoms with E-state index in [1.54, 1.807) is 0 Å². The van der Waals surface area contributed by atoms with Crippen molar-refractivity contribution in [2.24, 2.45) is 11.7 Å². The Morgan fingerprint density at radius 1 is 0.882 bits per heavy atom. The molecule has 0 amide bonds. The van der Waals surface area contributed by atoms with Gasteiger partial charge in [0.1, 0.15) is 0 Å². The first-order valence-corrected chi connectivity index (χ1v) is 7.62. The van der Waals surface area contributed by atoms with Crippen molar-refractivity contribution in [1.29, 1.82) is 0 Å². The van der Waals surface area contributed by atoms with Crippen LogP contribution < -0.4 is 5.73 Å². The molecule has 0 aliphatic carbocycles. The van der Waals surface area contributed by atoms with E-state index in [0.29, 0.717) is 0 Å². The summed E-state index contributed by atoms with van der Waals surface area (Å²) in [4.78, 5) is 0. The zero-order valence-corrected chi connectivity index (χ0v) is 12.0. The van der Waals surface area contributed by atoms with E-state index in [1.165, 1.54) is 51.4 Å². The van der Waals surface area contributed by atoms with Crippen LogP contribution >= 0.6 is 0 Å². The monoisotopic (exact) mass is 243 g/mol. The van der Waals surface area contributed by atoms with Crippen molar-refractivity contribution in [3.8, 4) is 0 Å². The summed E-state index contributed by atoms with van der Waals surface area (Å²) in [5.74, 6) is 0.777. The lowest BCUT2D eigenvalue weighted by atomic mass is 9.97. The summed E-state index contributed by atoms with van der Waals surface area (Å²) in [6.07, 6.45) is 11.9. The smallest absolute Gasteiger partial charge is 0.0494 e. The van der Waals surface area contributed by atoms with Crippen LogP contribution in [0.4, 0.5) is 0 Å². The molecule has 0 fully saturated rings. The summed E-state index contributed by atoms with van der Waals surface area (Å²) in [6, 6.07) is 0. The quantitative estimate of drug-likeness (QED) is 0.494. The molecule has 0 aliphatic heterocycles. The molecule has 0 aliphatic rings. The van der Waals surface area contributed by atoms with Gasteiger partial charge in [-0.25, -0.2) is 0 Å². The molecule has 0 aromatic rings. The Hall–Kier alpha value is -0.0800. The number of rotatable bonds is 13. The topological polar surface area (TPSA) is 35.2 Å². The van der Waals surface area contributed by atoms with Crippen molar-refractivity contribution < 1.29 is 4.74 Å². The second-order valence-corrected chi connectivity index (χ2v) is 5.07. The molecule has 0 bridgehead atoms. The van der Waals surface area contributed by atoms with Crippen LogP contribution in [0.25, 0.3) is 0 Å². The maximum Gasteiger partial charge on any atom is 0.0494 e. The fraction of sp³-hybridized carbons (Fsp3) is 1.00. The largest absolute Gasteiger partial charge is 0.381 e. The molecule has 2 N–H and O–H groups in total. The Kier molecular flexibility index (Phi) is 13.9. The van der Waals surface area contributed by atoms with Crippen LogP contribution in [0.2, 0.25) is 0 Å². The SMILES string of the molecule is CCCCCCCC(CCC)COCCCN. The Bertz CT molecular complexity index is 139. The van der Waals surface area contributed by atoms with Gasteiger partial charge in [0.25, 0.3) is 0 Å². The van der Waals surface area contributed by atoms with Crippen LogP contribution in [0, 0.1) is 5.92 Å². The second-order valence-electron chi connectivity index (χ2n) is 5.07. The van der Waals surface area contributed by atoms with Gasteiger partial charge in [0.15, 0.2) is 0 Å². The number of ether oxygens (including phenoxy) is 1. The fourth-order valence-electron chi connectivity index (χ4n) is 2.19. The maximum absolute atomic E-state index is 5.69. The highest BCUT2D eigenvalue weighted by Crippen LogP contribution is 2.17. The van der Waals surface area contributed by atoms with Gasteiger partial charge in [-0.15, -0.1) is 0 Å². The maximum atomic E-state index is 5.69. The minimum absolute atomic E-state index is 0.745. The summed E-state index contributed by atoms with van der Waals surface area (Å²) in [5.41, 5.74) is 5.45. The first-order chi connectivity index (χ1) is 8.35. The normalized spacial score (nSPS) is 12.9. The average molecular weight is 243 g/mol. The van der Waals surface area contributed by atoms with Crippen molar-refractivity contribution in [3.63, 3.8) is 0 Å². The van der Waals surface area contributed by atoms with Crippen LogP contribution in [0.15, 0.2) is 0 Å². The average Bonchev–Trinajstić information content (AvgIpc) is 2.34. The van der Waals surface area contributed by atoms with Crippen molar-refractivity contribution in [3.05, 3.63) is 0 Å². The van der Waals surface area contributed by atoms with Gasteiger partial charge in [-0.05, 0) is 31.7 Å². The third kappa shape index (κ3) is 12.2. The van der Waals surface area contributed by atoms with Gasteiger partial charge < -0.3 is 10.5 Å². The molecule has 0 saturated heterocycles. The van der Waals surface area contributed by atoms with Crippen molar-refractivity contribution in [2.75, 3.05) is 19.8 Å². The summed E-state index contributed by atoms with van der Waals surface area (Å²) in [7, 11) is 0. The molecule has 0 aromatic carbocycles. The predicted octanol–water partition coefficient (Wildman–Crippen LogP) is 4.13. The van der Waals surface area contributed by atoms with Crippen LogP contribution in [-0.2, 0) is 4.74 Å². The molecule has 0 saturated carbocycles. The van der Waals surface area contributed by atoms with Crippen molar-refractivity contribution in [1.82, 2.24) is 0 Å². The third-order valence-corrected chi connectivity index (χ3v) is 3.26. The van der Waals surface area contributed by atoms with Gasteiger partial charge >= 0.3 is 0 Å². The summed E-state index contributed by atoms with van der Waals surface area (Å²) >= 11 is 0. The fourth-order valence-corrected chi connectivity index (χ4v) is 2.19. The van der Waals surface area contributed by atoms with Gasteiger partial charge in [0, 0.05) is 13.2 Å². The van der Waals surface area contributed by atoms with E-state index in [9.17, 15) is 0 Å². The van der Waals surface area contributed by atoms with Gasteiger partial charge in [-0.3, -0.25) is 0 Å². The van der Waals surface area contributed by atoms with Gasteiger partial charge in [-0.2, -0.15) is 0 Å². The minimum atomic E-state index is 0.745. The first-order valence-electron chi connectivity index (χ1n) is 7.62. The number of hydrogen-bond acceptors (Lipinski definition) is 2. The number of nitrogens with two attached hydrogens (primary N) is 1.